The molecule has 0 unspecified atom stereocenters. The summed E-state index contributed by atoms with van der Waals surface area (Å²) < 4.78 is 37.4. The number of ether oxygens (including phenoxy) is 1. The van der Waals surface area contributed by atoms with Crippen molar-refractivity contribution in [2.45, 2.75) is 70.8 Å². The van der Waals surface area contributed by atoms with E-state index in [4.69, 9.17) is 38.8 Å². The van der Waals surface area contributed by atoms with Crippen LogP contribution in [0.4, 0.5) is 8.78 Å². The Hall–Kier alpha value is -3.01. The number of aromatic nitrogens is 2. The fraction of sp³-hybridized carbons (Fsp3) is 0.393. The van der Waals surface area contributed by atoms with E-state index in [0.29, 0.717) is 17.0 Å². The van der Waals surface area contributed by atoms with Gasteiger partial charge in [0.25, 0.3) is 5.91 Å². The minimum absolute atomic E-state index is 0.0577. The van der Waals surface area contributed by atoms with E-state index < -0.39 is 29.1 Å². The Morgan fingerprint density at radius 2 is 1.82 bits per heavy atom. The highest BCUT2D eigenvalue weighted by Crippen LogP contribution is 2.41. The Morgan fingerprint density at radius 3 is 2.44 bits per heavy atom. The van der Waals surface area contributed by atoms with Crippen molar-refractivity contribution in [3.8, 4) is 16.9 Å². The number of carbonyl (C=O) groups excluding carboxylic acids is 2. The zero-order valence-corrected chi connectivity index (χ0v) is 23.4. The number of halogens is 4. The number of carbonyl (C=O) groups is 2. The molecular weight excluding hydrogens is 549 g/mol. The molecule has 0 spiro atoms. The van der Waals surface area contributed by atoms with Crippen molar-refractivity contribution in [1.82, 2.24) is 15.0 Å². The highest BCUT2D eigenvalue weighted by molar-refractivity contribution is 6.31. The first-order valence-electron chi connectivity index (χ1n) is 12.7. The number of esters is 1. The van der Waals surface area contributed by atoms with Crippen LogP contribution in [0.2, 0.25) is 10.0 Å². The molecule has 0 aliphatic heterocycles. The highest BCUT2D eigenvalue weighted by atomic mass is 35.5. The minimum atomic E-state index is -0.997. The molecule has 39 heavy (non-hydrogen) atoms. The van der Waals surface area contributed by atoms with Gasteiger partial charge >= 0.3 is 5.97 Å². The number of nitrogens with two attached hydrogens (primary N) is 1. The van der Waals surface area contributed by atoms with Crippen molar-refractivity contribution in [2.75, 3.05) is 0 Å². The molecule has 3 N–H and O–H groups in total. The van der Waals surface area contributed by atoms with Crippen LogP contribution in [0.25, 0.3) is 16.9 Å². The third-order valence-corrected chi connectivity index (χ3v) is 7.41. The molecule has 1 fully saturated rings. The van der Waals surface area contributed by atoms with E-state index in [-0.39, 0.29) is 39.5 Å². The summed E-state index contributed by atoms with van der Waals surface area (Å²) in [4.78, 5) is 29.5. The second kappa shape index (κ2) is 11.6. The third kappa shape index (κ3) is 6.10. The first-order chi connectivity index (χ1) is 18.4. The number of hydrogen-bond acceptors (Lipinski definition) is 5. The predicted octanol–water partition coefficient (Wildman–Crippen LogP) is 6.66. The van der Waals surface area contributed by atoms with Gasteiger partial charge < -0.3 is 4.74 Å². The van der Waals surface area contributed by atoms with Crippen molar-refractivity contribution in [3.63, 3.8) is 0 Å². The van der Waals surface area contributed by atoms with Gasteiger partial charge in [0.15, 0.2) is 11.5 Å². The van der Waals surface area contributed by atoms with Crippen molar-refractivity contribution >= 4 is 35.1 Å². The molecule has 0 bridgehead atoms. The average molecular weight is 579 g/mol. The summed E-state index contributed by atoms with van der Waals surface area (Å²) in [6.07, 6.45) is 4.62. The van der Waals surface area contributed by atoms with Gasteiger partial charge in [0.2, 0.25) is 0 Å². The Kier molecular flexibility index (Phi) is 8.63. The van der Waals surface area contributed by atoms with Crippen molar-refractivity contribution < 1.29 is 23.1 Å². The number of imidazole rings is 1. The summed E-state index contributed by atoms with van der Waals surface area (Å²) in [7, 11) is 0. The lowest BCUT2D eigenvalue weighted by molar-refractivity contribution is -0.153. The second-order valence-electron chi connectivity index (χ2n) is 10.3. The van der Waals surface area contributed by atoms with Crippen LogP contribution < -0.4 is 11.3 Å². The van der Waals surface area contributed by atoms with Crippen LogP contribution in [0.1, 0.15) is 80.7 Å². The Morgan fingerprint density at radius 1 is 1.13 bits per heavy atom. The monoisotopic (exact) mass is 578 g/mol. The molecule has 208 valence electrons. The number of benzene rings is 2. The summed E-state index contributed by atoms with van der Waals surface area (Å²) >= 11 is 12.4. The predicted molar refractivity (Wildman–Crippen MR) is 146 cm³/mol. The maximum Gasteiger partial charge on any atom is 0.303 e. The van der Waals surface area contributed by atoms with Gasteiger partial charge in [-0.2, -0.15) is 0 Å². The summed E-state index contributed by atoms with van der Waals surface area (Å²) in [5, 5.41) is -0.323. The molecule has 4 rings (SSSR count). The zero-order chi connectivity index (χ0) is 28.5. The molecule has 1 saturated carbocycles. The van der Waals surface area contributed by atoms with Gasteiger partial charge in [-0.3, -0.25) is 19.6 Å². The summed E-state index contributed by atoms with van der Waals surface area (Å²) in [5.41, 5.74) is 2.10. The number of nitrogens with zero attached hydrogens (tertiary/aromatic N) is 2. The third-order valence-electron chi connectivity index (χ3n) is 6.83. The molecule has 0 atom stereocenters. The topological polar surface area (TPSA) is 99.2 Å². The van der Waals surface area contributed by atoms with E-state index in [0.717, 1.165) is 32.1 Å². The van der Waals surface area contributed by atoms with Crippen molar-refractivity contribution in [2.24, 2.45) is 5.84 Å². The van der Waals surface area contributed by atoms with Gasteiger partial charge in [-0.05, 0) is 56.5 Å². The SMILES string of the molecule is CC(=O)OC(C)(C)Cc1ccc(Cl)c(F)c1-n1c(C2CCCCC2)nc(C(=O)NN)c1-c1ccc(F)c(Cl)c1. The first kappa shape index (κ1) is 29.0. The lowest BCUT2D eigenvalue weighted by atomic mass is 9.88. The summed E-state index contributed by atoms with van der Waals surface area (Å²) in [5.74, 6) is 3.30. The van der Waals surface area contributed by atoms with Crippen molar-refractivity contribution in [1.29, 1.82) is 0 Å². The van der Waals surface area contributed by atoms with Gasteiger partial charge in [-0.1, -0.05) is 48.5 Å². The number of amides is 1. The van der Waals surface area contributed by atoms with Crippen LogP contribution in [-0.2, 0) is 16.0 Å². The fourth-order valence-corrected chi connectivity index (χ4v) is 5.62. The number of nitrogens with one attached hydrogen (secondary N) is 1. The van der Waals surface area contributed by atoms with E-state index in [9.17, 15) is 14.0 Å². The van der Waals surface area contributed by atoms with Crippen LogP contribution in [0.15, 0.2) is 30.3 Å². The fourth-order valence-electron chi connectivity index (χ4n) is 5.28. The molecule has 1 aliphatic carbocycles. The maximum atomic E-state index is 16.2. The van der Waals surface area contributed by atoms with Crippen LogP contribution in [0.3, 0.4) is 0 Å². The Labute approximate surface area is 235 Å². The largest absolute Gasteiger partial charge is 0.459 e. The maximum absolute atomic E-state index is 16.2. The molecule has 11 heteroatoms. The van der Waals surface area contributed by atoms with Gasteiger partial charge in [-0.25, -0.2) is 19.6 Å². The van der Waals surface area contributed by atoms with Gasteiger partial charge in [0.1, 0.15) is 17.2 Å². The lowest BCUT2D eigenvalue weighted by Crippen LogP contribution is -2.31. The number of hydrazine groups is 1. The summed E-state index contributed by atoms with van der Waals surface area (Å²) in [6.45, 7) is 4.74. The van der Waals surface area contributed by atoms with Gasteiger partial charge in [-0.15, -0.1) is 0 Å². The molecule has 1 heterocycles. The van der Waals surface area contributed by atoms with Crippen LogP contribution in [-0.4, -0.2) is 27.0 Å². The average Bonchev–Trinajstić information content (AvgIpc) is 3.27. The number of rotatable bonds is 7. The van der Waals surface area contributed by atoms with Crippen LogP contribution in [0.5, 0.6) is 0 Å². The van der Waals surface area contributed by atoms with E-state index in [1.54, 1.807) is 24.5 Å². The molecule has 2 aromatic carbocycles. The summed E-state index contributed by atoms with van der Waals surface area (Å²) in [6, 6.07) is 7.04. The second-order valence-corrected chi connectivity index (χ2v) is 11.2. The van der Waals surface area contributed by atoms with Crippen molar-refractivity contribution in [3.05, 3.63) is 69.1 Å². The van der Waals surface area contributed by atoms with E-state index in [1.807, 2.05) is 0 Å². The Bertz CT molecular complexity index is 1420. The van der Waals surface area contributed by atoms with Gasteiger partial charge in [0, 0.05) is 24.8 Å². The quantitative estimate of drug-likeness (QED) is 0.141. The van der Waals surface area contributed by atoms with Crippen LogP contribution >= 0.6 is 23.2 Å². The minimum Gasteiger partial charge on any atom is -0.459 e. The van der Waals surface area contributed by atoms with Gasteiger partial charge in [0.05, 0.1) is 21.4 Å². The number of nitrogen functional groups attached to an aromatic ring is 1. The standard InChI is InChI=1S/C28H30Cl2F2N4O3/c1-15(37)39-28(2,3)14-18-9-11-19(29)22(32)24(18)36-25(17-10-12-21(31)20(30)13-17)23(27(38)35-33)34-26(36)16-7-5-4-6-8-16/h9-13,16H,4-8,14,33H2,1-3H3,(H,35,38). The molecule has 1 amide bonds. The highest BCUT2D eigenvalue weighted by Gasteiger charge is 2.33. The zero-order valence-electron chi connectivity index (χ0n) is 21.9. The smallest absolute Gasteiger partial charge is 0.303 e. The molecule has 1 aromatic heterocycles. The molecule has 1 aliphatic rings. The number of hydrogen-bond donors (Lipinski definition) is 2. The van der Waals surface area contributed by atoms with E-state index in [2.05, 4.69) is 5.43 Å². The molecule has 3 aromatic rings. The van der Waals surface area contributed by atoms with E-state index in [1.165, 1.54) is 31.2 Å². The molecule has 7 nitrogen and oxygen atoms in total. The first-order valence-corrected chi connectivity index (χ1v) is 13.4. The normalized spacial score (nSPS) is 14.4. The van der Waals surface area contributed by atoms with Crippen LogP contribution in [0, 0.1) is 11.6 Å². The molecular formula is C28H30Cl2F2N4O3. The van der Waals surface area contributed by atoms with E-state index >= 15 is 4.39 Å². The molecule has 0 radical (unpaired) electrons. The lowest BCUT2D eigenvalue weighted by Gasteiger charge is -2.28. The Balaban J connectivity index is 2.09. The molecule has 0 saturated heterocycles.